The van der Waals surface area contributed by atoms with Gasteiger partial charge in [-0.2, -0.15) is 0 Å². The minimum Gasteiger partial charge on any atom is -0.467 e. The van der Waals surface area contributed by atoms with Crippen molar-refractivity contribution in [2.75, 3.05) is 13.7 Å². The van der Waals surface area contributed by atoms with E-state index in [1.807, 2.05) is 0 Å². The number of imide groups is 1. The van der Waals surface area contributed by atoms with Gasteiger partial charge >= 0.3 is 11.9 Å². The summed E-state index contributed by atoms with van der Waals surface area (Å²) in [6.45, 7) is 3.01. The van der Waals surface area contributed by atoms with E-state index in [1.54, 1.807) is 6.92 Å². The number of esters is 2. The molecule has 2 atom stereocenters. The zero-order valence-corrected chi connectivity index (χ0v) is 10.5. The molecular weight excluding hydrogens is 242 g/mol. The van der Waals surface area contributed by atoms with Gasteiger partial charge in [0, 0.05) is 6.92 Å². The zero-order valence-electron chi connectivity index (χ0n) is 10.5. The van der Waals surface area contributed by atoms with E-state index in [0.717, 1.165) is 12.0 Å². The minimum absolute atomic E-state index is 0.194. The molecule has 0 aromatic heterocycles. The average Bonchev–Trinajstić information content (AvgIpc) is 2.31. The first kappa shape index (κ1) is 14.1. The molecular formula is C11H15NO6. The third-order valence-corrected chi connectivity index (χ3v) is 2.69. The van der Waals surface area contributed by atoms with Crippen molar-refractivity contribution < 1.29 is 28.7 Å². The van der Waals surface area contributed by atoms with E-state index in [2.05, 4.69) is 4.74 Å². The maximum absolute atomic E-state index is 11.7. The molecule has 2 amide bonds. The van der Waals surface area contributed by atoms with Crippen LogP contribution in [0.5, 0.6) is 0 Å². The molecule has 7 heteroatoms. The van der Waals surface area contributed by atoms with Gasteiger partial charge in [-0.05, 0) is 6.92 Å². The SMILES string of the molecule is CCOC(=O)C[C@@H]1C(=O)N(C(C)=O)[C@@H]1C(=O)OC. The Morgan fingerprint density at radius 2 is 1.94 bits per heavy atom. The third-order valence-electron chi connectivity index (χ3n) is 2.69. The molecule has 1 aliphatic rings. The molecule has 0 aromatic rings. The van der Waals surface area contributed by atoms with Crippen molar-refractivity contribution in [3.63, 3.8) is 0 Å². The summed E-state index contributed by atoms with van der Waals surface area (Å²) in [7, 11) is 1.16. The van der Waals surface area contributed by atoms with Gasteiger partial charge in [0.2, 0.25) is 11.8 Å². The number of β-lactam (4-membered cyclic amide) rings is 1. The Bertz CT molecular complexity index is 391. The predicted octanol–water partition coefficient (Wildman–Crippen LogP) is -0.514. The molecule has 1 fully saturated rings. The van der Waals surface area contributed by atoms with Crippen LogP contribution in [0.15, 0.2) is 0 Å². The molecule has 0 N–H and O–H groups in total. The first-order chi connectivity index (χ1) is 8.43. The van der Waals surface area contributed by atoms with Gasteiger partial charge < -0.3 is 9.47 Å². The molecule has 100 valence electrons. The molecule has 1 saturated heterocycles. The maximum atomic E-state index is 11.7. The highest BCUT2D eigenvalue weighted by molar-refractivity contribution is 6.08. The van der Waals surface area contributed by atoms with Crippen molar-refractivity contribution in [2.45, 2.75) is 26.3 Å². The molecule has 0 aromatic carbocycles. The van der Waals surface area contributed by atoms with Gasteiger partial charge in [0.05, 0.1) is 26.1 Å². The Kier molecular flexibility index (Phi) is 4.41. The van der Waals surface area contributed by atoms with Crippen LogP contribution >= 0.6 is 0 Å². The molecule has 7 nitrogen and oxygen atoms in total. The second-order valence-electron chi connectivity index (χ2n) is 3.81. The van der Waals surface area contributed by atoms with E-state index in [-0.39, 0.29) is 13.0 Å². The molecule has 1 heterocycles. The number of ether oxygens (including phenoxy) is 2. The Morgan fingerprint density at radius 1 is 1.33 bits per heavy atom. The lowest BCUT2D eigenvalue weighted by molar-refractivity contribution is -0.180. The second-order valence-corrected chi connectivity index (χ2v) is 3.81. The Hall–Kier alpha value is -1.92. The number of carbonyl (C=O) groups is 4. The fourth-order valence-corrected chi connectivity index (χ4v) is 1.89. The summed E-state index contributed by atoms with van der Waals surface area (Å²) in [6.07, 6.45) is -0.226. The van der Waals surface area contributed by atoms with Gasteiger partial charge in [0.15, 0.2) is 0 Å². The average molecular weight is 257 g/mol. The van der Waals surface area contributed by atoms with Crippen LogP contribution in [-0.4, -0.2) is 48.4 Å². The summed E-state index contributed by atoms with van der Waals surface area (Å²) in [5, 5.41) is 0. The molecule has 0 unspecified atom stereocenters. The van der Waals surface area contributed by atoms with Crippen molar-refractivity contribution in [1.29, 1.82) is 0 Å². The van der Waals surface area contributed by atoms with E-state index in [4.69, 9.17) is 4.74 Å². The summed E-state index contributed by atoms with van der Waals surface area (Å²) in [5.41, 5.74) is 0. The third kappa shape index (κ3) is 2.49. The maximum Gasteiger partial charge on any atom is 0.329 e. The Morgan fingerprint density at radius 3 is 2.39 bits per heavy atom. The first-order valence-electron chi connectivity index (χ1n) is 5.51. The van der Waals surface area contributed by atoms with Gasteiger partial charge in [-0.3, -0.25) is 19.3 Å². The van der Waals surface area contributed by atoms with Crippen LogP contribution in [0.4, 0.5) is 0 Å². The van der Waals surface area contributed by atoms with Crippen LogP contribution in [0.2, 0.25) is 0 Å². The molecule has 0 bridgehead atoms. The fourth-order valence-electron chi connectivity index (χ4n) is 1.89. The second kappa shape index (κ2) is 5.61. The lowest BCUT2D eigenvalue weighted by atomic mass is 9.84. The minimum atomic E-state index is -1.02. The number of methoxy groups -OCH3 is 1. The van der Waals surface area contributed by atoms with Crippen molar-refractivity contribution in [2.24, 2.45) is 5.92 Å². The smallest absolute Gasteiger partial charge is 0.329 e. The largest absolute Gasteiger partial charge is 0.467 e. The highest BCUT2D eigenvalue weighted by Gasteiger charge is 2.54. The molecule has 0 radical (unpaired) electrons. The zero-order chi connectivity index (χ0) is 13.9. The molecule has 18 heavy (non-hydrogen) atoms. The normalized spacial score (nSPS) is 22.2. The van der Waals surface area contributed by atoms with Crippen molar-refractivity contribution in [3.05, 3.63) is 0 Å². The van der Waals surface area contributed by atoms with Gasteiger partial charge in [-0.25, -0.2) is 4.79 Å². The van der Waals surface area contributed by atoms with Gasteiger partial charge in [-0.15, -0.1) is 0 Å². The predicted molar refractivity (Wildman–Crippen MR) is 58.1 cm³/mol. The highest BCUT2D eigenvalue weighted by atomic mass is 16.5. The van der Waals surface area contributed by atoms with Crippen LogP contribution < -0.4 is 0 Å². The highest BCUT2D eigenvalue weighted by Crippen LogP contribution is 2.30. The molecule has 0 saturated carbocycles. The van der Waals surface area contributed by atoms with E-state index in [1.165, 1.54) is 6.92 Å². The Labute approximate surface area is 104 Å². The summed E-state index contributed by atoms with van der Waals surface area (Å²) in [5.74, 6) is -3.26. The lowest BCUT2D eigenvalue weighted by Gasteiger charge is -2.42. The quantitative estimate of drug-likeness (QED) is 0.497. The van der Waals surface area contributed by atoms with Crippen molar-refractivity contribution in [3.8, 4) is 0 Å². The van der Waals surface area contributed by atoms with Crippen LogP contribution in [-0.2, 0) is 28.7 Å². The van der Waals surface area contributed by atoms with Crippen LogP contribution in [0.1, 0.15) is 20.3 Å². The number of hydrogen-bond donors (Lipinski definition) is 0. The summed E-state index contributed by atoms with van der Waals surface area (Å²) in [4.78, 5) is 46.4. The van der Waals surface area contributed by atoms with Crippen LogP contribution in [0.3, 0.4) is 0 Å². The fraction of sp³-hybridized carbons (Fsp3) is 0.636. The Balaban J connectivity index is 2.78. The molecule has 1 aliphatic heterocycles. The number of carbonyl (C=O) groups excluding carboxylic acids is 4. The summed E-state index contributed by atoms with van der Waals surface area (Å²) < 4.78 is 9.22. The molecule has 1 rings (SSSR count). The van der Waals surface area contributed by atoms with Gasteiger partial charge in [0.1, 0.15) is 6.04 Å². The van der Waals surface area contributed by atoms with Crippen LogP contribution in [0.25, 0.3) is 0 Å². The van der Waals surface area contributed by atoms with Crippen molar-refractivity contribution >= 4 is 23.8 Å². The topological polar surface area (TPSA) is 90.0 Å². The summed E-state index contributed by atoms with van der Waals surface area (Å²) in [6, 6.07) is -1.02. The van der Waals surface area contributed by atoms with E-state index < -0.39 is 35.7 Å². The van der Waals surface area contributed by atoms with Crippen LogP contribution in [0, 0.1) is 5.92 Å². The van der Waals surface area contributed by atoms with Gasteiger partial charge in [0.25, 0.3) is 0 Å². The van der Waals surface area contributed by atoms with E-state index >= 15 is 0 Å². The number of likely N-dealkylation sites (tertiary alicyclic amines) is 1. The summed E-state index contributed by atoms with van der Waals surface area (Å²) >= 11 is 0. The number of amides is 2. The van der Waals surface area contributed by atoms with Gasteiger partial charge in [-0.1, -0.05) is 0 Å². The van der Waals surface area contributed by atoms with E-state index in [0.29, 0.717) is 0 Å². The monoisotopic (exact) mass is 257 g/mol. The standard InChI is InChI=1S/C11H15NO6/c1-4-18-8(14)5-7-9(11(16)17-3)12(6(2)13)10(7)15/h7,9H,4-5H2,1-3H3/t7-,9-/m0/s1. The lowest BCUT2D eigenvalue weighted by Crippen LogP contribution is -2.66. The molecule has 0 spiro atoms. The van der Waals surface area contributed by atoms with E-state index in [9.17, 15) is 19.2 Å². The number of rotatable bonds is 4. The first-order valence-corrected chi connectivity index (χ1v) is 5.51. The number of nitrogens with zero attached hydrogens (tertiary/aromatic N) is 1. The molecule has 0 aliphatic carbocycles. The number of hydrogen-bond acceptors (Lipinski definition) is 6. The van der Waals surface area contributed by atoms with Crippen molar-refractivity contribution in [1.82, 2.24) is 4.90 Å².